The first-order valence-corrected chi connectivity index (χ1v) is 13.6. The van der Waals surface area contributed by atoms with Gasteiger partial charge in [0.25, 0.3) is 5.91 Å². The summed E-state index contributed by atoms with van der Waals surface area (Å²) in [5, 5.41) is 3.04. The first kappa shape index (κ1) is 26.0. The molecule has 0 spiro atoms. The first-order chi connectivity index (χ1) is 16.7. The number of carbonyl (C=O) groups excluding carboxylic acids is 1. The van der Waals surface area contributed by atoms with Gasteiger partial charge in [0.2, 0.25) is 0 Å². The standard InChI is InChI=1S/C30H42BNO3/c1-6-7-8-9-22-10-12-23(13-11-22)24-16-20-27(21-17-24)32-28(33)25-14-18-26(19-15-25)31-34-29(2,3)30(4,5)35-31/h14-23H,6-13H2,1-5H3,(H,32,33). The molecule has 4 rings (SSSR count). The van der Waals surface area contributed by atoms with Crippen LogP contribution in [0.5, 0.6) is 0 Å². The van der Waals surface area contributed by atoms with Crippen molar-refractivity contribution in [3.05, 3.63) is 59.7 Å². The number of unbranched alkanes of at least 4 members (excludes halogenated alkanes) is 2. The molecule has 1 aliphatic carbocycles. The summed E-state index contributed by atoms with van der Waals surface area (Å²) < 4.78 is 12.2. The van der Waals surface area contributed by atoms with Gasteiger partial charge in [0.1, 0.15) is 0 Å². The molecule has 0 aromatic heterocycles. The van der Waals surface area contributed by atoms with Gasteiger partial charge in [0.05, 0.1) is 11.2 Å². The van der Waals surface area contributed by atoms with Crippen LogP contribution in [0, 0.1) is 5.92 Å². The van der Waals surface area contributed by atoms with Gasteiger partial charge in [0, 0.05) is 11.3 Å². The van der Waals surface area contributed by atoms with Gasteiger partial charge in [-0.15, -0.1) is 0 Å². The average Bonchev–Trinajstić information content (AvgIpc) is 3.07. The Balaban J connectivity index is 1.29. The van der Waals surface area contributed by atoms with Crippen LogP contribution in [0.15, 0.2) is 48.5 Å². The summed E-state index contributed by atoms with van der Waals surface area (Å²) in [6.45, 7) is 10.4. The van der Waals surface area contributed by atoms with E-state index < -0.39 is 7.12 Å². The largest absolute Gasteiger partial charge is 0.494 e. The number of nitrogens with one attached hydrogen (secondary N) is 1. The van der Waals surface area contributed by atoms with E-state index in [4.69, 9.17) is 9.31 Å². The Kier molecular flexibility index (Phi) is 8.07. The number of rotatable bonds is 8. The highest BCUT2D eigenvalue weighted by atomic mass is 16.7. The van der Waals surface area contributed by atoms with Crippen LogP contribution in [-0.4, -0.2) is 24.2 Å². The molecule has 0 bridgehead atoms. The minimum absolute atomic E-state index is 0.106. The number of anilines is 1. The van der Waals surface area contributed by atoms with Gasteiger partial charge in [-0.05, 0) is 101 Å². The Labute approximate surface area is 212 Å². The summed E-state index contributed by atoms with van der Waals surface area (Å²) in [5.74, 6) is 1.48. The quantitative estimate of drug-likeness (QED) is 0.327. The van der Waals surface area contributed by atoms with Crippen LogP contribution in [0.2, 0.25) is 0 Å². The lowest BCUT2D eigenvalue weighted by Gasteiger charge is -2.32. The molecule has 35 heavy (non-hydrogen) atoms. The van der Waals surface area contributed by atoms with Crippen molar-refractivity contribution in [1.82, 2.24) is 0 Å². The second kappa shape index (κ2) is 10.9. The molecule has 1 saturated heterocycles. The Morgan fingerprint density at radius 1 is 0.886 bits per heavy atom. The highest BCUT2D eigenvalue weighted by Gasteiger charge is 2.51. The fourth-order valence-corrected chi connectivity index (χ4v) is 5.28. The van der Waals surface area contributed by atoms with Crippen molar-refractivity contribution in [2.45, 2.75) is 103 Å². The van der Waals surface area contributed by atoms with Crippen LogP contribution < -0.4 is 10.8 Å². The molecule has 1 N–H and O–H groups in total. The first-order valence-electron chi connectivity index (χ1n) is 13.6. The van der Waals surface area contributed by atoms with Gasteiger partial charge in [-0.2, -0.15) is 0 Å². The summed E-state index contributed by atoms with van der Waals surface area (Å²) in [7, 11) is -0.420. The maximum absolute atomic E-state index is 12.8. The molecule has 4 nitrogen and oxygen atoms in total. The fourth-order valence-electron chi connectivity index (χ4n) is 5.28. The molecule has 1 amide bonds. The zero-order chi connectivity index (χ0) is 25.1. The van der Waals surface area contributed by atoms with Crippen LogP contribution in [0.4, 0.5) is 5.69 Å². The molecule has 1 aliphatic heterocycles. The lowest BCUT2D eigenvalue weighted by molar-refractivity contribution is 0.00578. The lowest BCUT2D eigenvalue weighted by atomic mass is 9.77. The predicted octanol–water partition coefficient (Wildman–Crippen LogP) is 7.09. The second-order valence-corrected chi connectivity index (χ2v) is 11.5. The monoisotopic (exact) mass is 475 g/mol. The Bertz CT molecular complexity index is 960. The van der Waals surface area contributed by atoms with E-state index in [0.29, 0.717) is 11.5 Å². The van der Waals surface area contributed by atoms with Gasteiger partial charge in [0.15, 0.2) is 0 Å². The fraction of sp³-hybridized carbons (Fsp3) is 0.567. The molecule has 2 aromatic carbocycles. The Hall–Kier alpha value is -2.11. The van der Waals surface area contributed by atoms with Gasteiger partial charge in [-0.25, -0.2) is 0 Å². The van der Waals surface area contributed by atoms with Crippen LogP contribution in [-0.2, 0) is 9.31 Å². The molecular weight excluding hydrogens is 433 g/mol. The summed E-state index contributed by atoms with van der Waals surface area (Å²) in [5.41, 5.74) is 3.02. The summed E-state index contributed by atoms with van der Waals surface area (Å²) in [6.07, 6.45) is 10.8. The van der Waals surface area contributed by atoms with Crippen molar-refractivity contribution in [2.75, 3.05) is 5.32 Å². The molecule has 1 heterocycles. The van der Waals surface area contributed by atoms with Gasteiger partial charge in [-0.1, -0.05) is 56.9 Å². The highest BCUT2D eigenvalue weighted by molar-refractivity contribution is 6.62. The van der Waals surface area contributed by atoms with Crippen molar-refractivity contribution in [1.29, 1.82) is 0 Å². The van der Waals surface area contributed by atoms with E-state index in [1.54, 1.807) is 0 Å². The van der Waals surface area contributed by atoms with E-state index in [-0.39, 0.29) is 17.1 Å². The summed E-state index contributed by atoms with van der Waals surface area (Å²) in [4.78, 5) is 12.8. The second-order valence-electron chi connectivity index (χ2n) is 11.5. The van der Waals surface area contributed by atoms with Crippen molar-refractivity contribution >= 4 is 24.2 Å². The average molecular weight is 475 g/mol. The Morgan fingerprint density at radius 3 is 2.06 bits per heavy atom. The SMILES string of the molecule is CCCCCC1CCC(c2ccc(NC(=O)c3ccc(B4OC(C)(C)C(C)(C)O4)cc3)cc2)CC1. The molecule has 1 saturated carbocycles. The molecule has 2 fully saturated rings. The van der Waals surface area contributed by atoms with Crippen molar-refractivity contribution in [3.63, 3.8) is 0 Å². The minimum Gasteiger partial charge on any atom is -0.399 e. The lowest BCUT2D eigenvalue weighted by Crippen LogP contribution is -2.41. The van der Waals surface area contributed by atoms with Crippen molar-refractivity contribution < 1.29 is 14.1 Å². The number of amides is 1. The molecule has 0 atom stereocenters. The third-order valence-electron chi connectivity index (χ3n) is 8.40. The van der Waals surface area contributed by atoms with E-state index in [2.05, 4.69) is 24.4 Å². The molecular formula is C30H42BNO3. The highest BCUT2D eigenvalue weighted by Crippen LogP contribution is 2.38. The molecule has 0 unspecified atom stereocenters. The maximum Gasteiger partial charge on any atom is 0.494 e. The third kappa shape index (κ3) is 6.18. The van der Waals surface area contributed by atoms with Crippen LogP contribution in [0.3, 0.4) is 0 Å². The van der Waals surface area contributed by atoms with Gasteiger partial charge >= 0.3 is 7.12 Å². The van der Waals surface area contributed by atoms with E-state index in [9.17, 15) is 4.79 Å². The van der Waals surface area contributed by atoms with Gasteiger partial charge in [-0.3, -0.25) is 4.79 Å². The van der Waals surface area contributed by atoms with E-state index in [1.165, 1.54) is 56.9 Å². The molecule has 2 aromatic rings. The predicted molar refractivity (Wildman–Crippen MR) is 145 cm³/mol. The smallest absolute Gasteiger partial charge is 0.399 e. The molecule has 0 radical (unpaired) electrons. The zero-order valence-electron chi connectivity index (χ0n) is 22.2. The normalized spacial score (nSPS) is 23.3. The number of hydrogen-bond acceptors (Lipinski definition) is 3. The van der Waals surface area contributed by atoms with Crippen LogP contribution in [0.25, 0.3) is 0 Å². The summed E-state index contributed by atoms with van der Waals surface area (Å²) >= 11 is 0. The Morgan fingerprint density at radius 2 is 1.49 bits per heavy atom. The summed E-state index contributed by atoms with van der Waals surface area (Å²) in [6, 6.07) is 16.0. The third-order valence-corrected chi connectivity index (χ3v) is 8.40. The van der Waals surface area contributed by atoms with Crippen LogP contribution in [0.1, 0.15) is 108 Å². The molecule has 2 aliphatic rings. The van der Waals surface area contributed by atoms with E-state index >= 15 is 0 Å². The minimum atomic E-state index is -0.420. The molecule has 188 valence electrons. The topological polar surface area (TPSA) is 47.6 Å². The number of hydrogen-bond donors (Lipinski definition) is 1. The van der Waals surface area contributed by atoms with E-state index in [0.717, 1.165) is 17.1 Å². The van der Waals surface area contributed by atoms with E-state index in [1.807, 2.05) is 64.1 Å². The zero-order valence-corrected chi connectivity index (χ0v) is 22.2. The van der Waals surface area contributed by atoms with Gasteiger partial charge < -0.3 is 14.6 Å². The van der Waals surface area contributed by atoms with Crippen molar-refractivity contribution in [2.24, 2.45) is 5.92 Å². The molecule has 5 heteroatoms. The van der Waals surface area contributed by atoms with Crippen molar-refractivity contribution in [3.8, 4) is 0 Å². The number of benzene rings is 2. The number of carbonyl (C=O) groups is 1. The van der Waals surface area contributed by atoms with Crippen LogP contribution >= 0.6 is 0 Å². The maximum atomic E-state index is 12.8.